The Morgan fingerprint density at radius 1 is 1.59 bits per heavy atom. The molecule has 4 heteroatoms. The van der Waals surface area contributed by atoms with Crippen LogP contribution in [0.25, 0.3) is 0 Å². The molecule has 1 N–H and O–H groups in total. The fraction of sp³-hybridized carbons (Fsp3) is 0.385. The van der Waals surface area contributed by atoms with Crippen LogP contribution in [-0.2, 0) is 6.42 Å². The van der Waals surface area contributed by atoms with E-state index in [1.54, 1.807) is 0 Å². The fourth-order valence-corrected chi connectivity index (χ4v) is 2.82. The molecule has 1 aromatic heterocycles. The van der Waals surface area contributed by atoms with Gasteiger partial charge in [-0.15, -0.1) is 11.3 Å². The number of rotatable bonds is 3. The summed E-state index contributed by atoms with van der Waals surface area (Å²) in [6, 6.07) is 0. The summed E-state index contributed by atoms with van der Waals surface area (Å²) in [5.41, 5.74) is 2.03. The lowest BCUT2D eigenvalue weighted by atomic mass is 9.88. The third kappa shape index (κ3) is 2.64. The molecule has 0 bridgehead atoms. The molecule has 0 aromatic carbocycles. The summed E-state index contributed by atoms with van der Waals surface area (Å²) in [7, 11) is 0. The van der Waals surface area contributed by atoms with Crippen LogP contribution in [0.4, 0.5) is 0 Å². The van der Waals surface area contributed by atoms with E-state index in [0.717, 1.165) is 23.5 Å². The molecule has 0 fully saturated rings. The largest absolute Gasteiger partial charge is 0.477 e. The van der Waals surface area contributed by atoms with Crippen LogP contribution < -0.4 is 0 Å². The van der Waals surface area contributed by atoms with Gasteiger partial charge >= 0.3 is 5.97 Å². The Labute approximate surface area is 105 Å². The zero-order valence-electron chi connectivity index (χ0n) is 9.93. The summed E-state index contributed by atoms with van der Waals surface area (Å²) in [6.07, 6.45) is 7.96. The standard InChI is InChI=1S/C13H15NO2S/c1-8-5-3-4-6-10(8)7-11-12(13(15)16)17-9(2)14-11/h3-5,10H,6-7H2,1-2H3,(H,15,16). The first kappa shape index (κ1) is 12.0. The second-order valence-corrected chi connectivity index (χ2v) is 5.49. The van der Waals surface area contributed by atoms with Crippen LogP contribution in [0.3, 0.4) is 0 Å². The van der Waals surface area contributed by atoms with E-state index < -0.39 is 5.97 Å². The van der Waals surface area contributed by atoms with Crippen molar-refractivity contribution in [1.29, 1.82) is 0 Å². The maximum Gasteiger partial charge on any atom is 0.347 e. The molecular weight excluding hydrogens is 234 g/mol. The molecule has 0 saturated heterocycles. The van der Waals surface area contributed by atoms with Gasteiger partial charge in [-0.2, -0.15) is 0 Å². The maximum atomic E-state index is 11.1. The number of carbonyl (C=O) groups is 1. The Morgan fingerprint density at radius 2 is 2.35 bits per heavy atom. The predicted molar refractivity (Wildman–Crippen MR) is 68.5 cm³/mol. The van der Waals surface area contributed by atoms with Gasteiger partial charge in [-0.05, 0) is 32.6 Å². The number of aromatic nitrogens is 1. The molecular formula is C13H15NO2S. The van der Waals surface area contributed by atoms with Gasteiger partial charge in [0.1, 0.15) is 4.88 Å². The van der Waals surface area contributed by atoms with Gasteiger partial charge in [0.05, 0.1) is 10.7 Å². The fourth-order valence-electron chi connectivity index (χ4n) is 2.04. The van der Waals surface area contributed by atoms with Crippen LogP contribution in [0.15, 0.2) is 23.8 Å². The third-order valence-corrected chi connectivity index (χ3v) is 4.00. The summed E-state index contributed by atoms with van der Waals surface area (Å²) in [6.45, 7) is 3.94. The maximum absolute atomic E-state index is 11.1. The Bertz CT molecular complexity index is 500. The van der Waals surface area contributed by atoms with E-state index in [0.29, 0.717) is 10.8 Å². The van der Waals surface area contributed by atoms with E-state index in [1.807, 2.05) is 6.92 Å². The number of hydrogen-bond donors (Lipinski definition) is 1. The smallest absolute Gasteiger partial charge is 0.347 e. The average Bonchev–Trinajstić information content (AvgIpc) is 2.63. The van der Waals surface area contributed by atoms with Crippen molar-refractivity contribution in [3.8, 4) is 0 Å². The minimum absolute atomic E-state index is 0.389. The van der Waals surface area contributed by atoms with E-state index in [-0.39, 0.29) is 0 Å². The summed E-state index contributed by atoms with van der Waals surface area (Å²) < 4.78 is 0. The molecule has 0 spiro atoms. The molecule has 90 valence electrons. The first-order chi connectivity index (χ1) is 8.08. The topological polar surface area (TPSA) is 50.2 Å². The van der Waals surface area contributed by atoms with E-state index in [4.69, 9.17) is 5.11 Å². The molecule has 1 heterocycles. The zero-order valence-corrected chi connectivity index (χ0v) is 10.8. The van der Waals surface area contributed by atoms with Crippen LogP contribution >= 0.6 is 11.3 Å². The second kappa shape index (κ2) is 4.84. The molecule has 1 aliphatic rings. The summed E-state index contributed by atoms with van der Waals surface area (Å²) >= 11 is 1.26. The highest BCUT2D eigenvalue weighted by atomic mass is 32.1. The number of aryl methyl sites for hydroxylation is 1. The van der Waals surface area contributed by atoms with Gasteiger partial charge < -0.3 is 5.11 Å². The van der Waals surface area contributed by atoms with Crippen LogP contribution in [0.1, 0.15) is 33.7 Å². The van der Waals surface area contributed by atoms with Gasteiger partial charge in [0, 0.05) is 0 Å². The van der Waals surface area contributed by atoms with Crippen LogP contribution in [0, 0.1) is 12.8 Å². The number of aromatic carboxylic acids is 1. The molecule has 3 nitrogen and oxygen atoms in total. The summed E-state index contributed by atoms with van der Waals surface area (Å²) in [5, 5.41) is 9.94. The Hall–Kier alpha value is -1.42. The molecule has 17 heavy (non-hydrogen) atoms. The predicted octanol–water partition coefficient (Wildman–Crippen LogP) is 3.21. The lowest BCUT2D eigenvalue weighted by Crippen LogP contribution is -2.10. The second-order valence-electron chi connectivity index (χ2n) is 4.29. The highest BCUT2D eigenvalue weighted by Gasteiger charge is 2.20. The van der Waals surface area contributed by atoms with Crippen molar-refractivity contribution in [2.45, 2.75) is 26.7 Å². The van der Waals surface area contributed by atoms with Gasteiger partial charge in [0.25, 0.3) is 0 Å². The zero-order chi connectivity index (χ0) is 12.4. The highest BCUT2D eigenvalue weighted by molar-refractivity contribution is 7.13. The van der Waals surface area contributed by atoms with Crippen molar-refractivity contribution in [3.05, 3.63) is 39.4 Å². The monoisotopic (exact) mass is 249 g/mol. The minimum atomic E-state index is -0.862. The van der Waals surface area contributed by atoms with Gasteiger partial charge in [-0.1, -0.05) is 23.8 Å². The van der Waals surface area contributed by atoms with Gasteiger partial charge in [-0.25, -0.2) is 9.78 Å². The summed E-state index contributed by atoms with van der Waals surface area (Å²) in [5.74, 6) is -0.474. The van der Waals surface area contributed by atoms with E-state index >= 15 is 0 Å². The number of hydrogen-bond acceptors (Lipinski definition) is 3. The molecule has 1 atom stereocenters. The Morgan fingerprint density at radius 3 is 3.00 bits per heavy atom. The first-order valence-corrected chi connectivity index (χ1v) is 6.42. The van der Waals surface area contributed by atoms with Crippen LogP contribution in [0.2, 0.25) is 0 Å². The van der Waals surface area contributed by atoms with Crippen LogP contribution in [-0.4, -0.2) is 16.1 Å². The minimum Gasteiger partial charge on any atom is -0.477 e. The van der Waals surface area contributed by atoms with Gasteiger partial charge in [0.15, 0.2) is 0 Å². The van der Waals surface area contributed by atoms with Crippen molar-refractivity contribution >= 4 is 17.3 Å². The molecule has 1 aromatic rings. The van der Waals surface area contributed by atoms with Gasteiger partial charge in [-0.3, -0.25) is 0 Å². The first-order valence-electron chi connectivity index (χ1n) is 5.61. The van der Waals surface area contributed by atoms with Gasteiger partial charge in [0.2, 0.25) is 0 Å². The molecule has 0 radical (unpaired) electrons. The molecule has 1 unspecified atom stereocenters. The van der Waals surface area contributed by atoms with Crippen LogP contribution in [0.5, 0.6) is 0 Å². The SMILES string of the molecule is CC1=CC=CCC1Cc1nc(C)sc1C(=O)O. The number of nitrogens with zero attached hydrogens (tertiary/aromatic N) is 1. The molecule has 2 rings (SSSR count). The number of allylic oxidation sites excluding steroid dienone is 4. The lowest BCUT2D eigenvalue weighted by Gasteiger charge is -2.17. The van der Waals surface area contributed by atoms with E-state index in [9.17, 15) is 4.79 Å². The number of carboxylic acids is 1. The highest BCUT2D eigenvalue weighted by Crippen LogP contribution is 2.27. The van der Waals surface area contributed by atoms with Crippen molar-refractivity contribution in [1.82, 2.24) is 4.98 Å². The van der Waals surface area contributed by atoms with Crippen molar-refractivity contribution in [3.63, 3.8) is 0 Å². The normalized spacial score (nSPS) is 19.2. The Kier molecular flexibility index (Phi) is 3.43. The lowest BCUT2D eigenvalue weighted by molar-refractivity contribution is 0.0700. The van der Waals surface area contributed by atoms with E-state index in [2.05, 4.69) is 30.1 Å². The summed E-state index contributed by atoms with van der Waals surface area (Å²) in [4.78, 5) is 15.8. The number of carboxylic acid groups (broad SMARTS) is 1. The molecule has 1 aliphatic carbocycles. The van der Waals surface area contributed by atoms with Crippen molar-refractivity contribution in [2.75, 3.05) is 0 Å². The third-order valence-electron chi connectivity index (χ3n) is 3.00. The average molecular weight is 249 g/mol. The number of thiazole rings is 1. The van der Waals surface area contributed by atoms with E-state index in [1.165, 1.54) is 16.9 Å². The molecule has 0 saturated carbocycles. The molecule has 0 amide bonds. The molecule has 0 aliphatic heterocycles. The van der Waals surface area contributed by atoms with Crippen molar-refractivity contribution in [2.24, 2.45) is 5.92 Å². The van der Waals surface area contributed by atoms with Crippen molar-refractivity contribution < 1.29 is 9.90 Å². The Balaban J connectivity index is 2.21. The quantitative estimate of drug-likeness (QED) is 0.894.